The third-order valence-electron chi connectivity index (χ3n) is 3.33. The van der Waals surface area contributed by atoms with Gasteiger partial charge >= 0.3 is 0 Å². The van der Waals surface area contributed by atoms with E-state index >= 15 is 0 Å². The molecule has 0 spiro atoms. The van der Waals surface area contributed by atoms with Crippen LogP contribution in [0, 0.1) is 6.92 Å². The van der Waals surface area contributed by atoms with Crippen LogP contribution in [0.15, 0.2) is 36.5 Å². The summed E-state index contributed by atoms with van der Waals surface area (Å²) in [6.07, 6.45) is 1.82. The molecule has 1 aliphatic rings. The lowest BCUT2D eigenvalue weighted by atomic mass is 10.1. The van der Waals surface area contributed by atoms with Crippen LogP contribution in [0.4, 0.5) is 0 Å². The van der Waals surface area contributed by atoms with Gasteiger partial charge in [0, 0.05) is 18.3 Å². The van der Waals surface area contributed by atoms with Crippen LogP contribution in [0.2, 0.25) is 0 Å². The van der Waals surface area contributed by atoms with Crippen LogP contribution in [0.5, 0.6) is 0 Å². The predicted octanol–water partition coefficient (Wildman–Crippen LogP) is 2.11. The number of hydrogen-bond donors (Lipinski definition) is 1. The molecule has 1 saturated heterocycles. The zero-order valence-corrected chi connectivity index (χ0v) is 11.0. The average molecular weight is 255 g/mol. The van der Waals surface area contributed by atoms with Crippen LogP contribution in [-0.2, 0) is 4.74 Å². The molecule has 1 atom stereocenters. The normalized spacial score (nSPS) is 19.3. The first-order chi connectivity index (χ1) is 9.34. The first-order valence-electron chi connectivity index (χ1n) is 6.54. The van der Waals surface area contributed by atoms with Crippen LogP contribution < -0.4 is 5.32 Å². The summed E-state index contributed by atoms with van der Waals surface area (Å²) in [6, 6.07) is 10.3. The monoisotopic (exact) mass is 255 g/mol. The van der Waals surface area contributed by atoms with E-state index in [1.165, 1.54) is 5.56 Å². The second-order valence-electron chi connectivity index (χ2n) is 4.70. The third kappa shape index (κ3) is 2.64. The molecule has 19 heavy (non-hydrogen) atoms. The van der Waals surface area contributed by atoms with Gasteiger partial charge in [-0.3, -0.25) is 0 Å². The summed E-state index contributed by atoms with van der Waals surface area (Å²) < 4.78 is 5.46. The Labute approximate surface area is 112 Å². The molecule has 0 saturated carbocycles. The summed E-state index contributed by atoms with van der Waals surface area (Å²) in [5.41, 5.74) is 3.35. The summed E-state index contributed by atoms with van der Waals surface area (Å²) in [5, 5.41) is 3.38. The van der Waals surface area contributed by atoms with E-state index in [1.807, 2.05) is 24.4 Å². The fraction of sp³-hybridized carbons (Fsp3) is 0.333. The number of aryl methyl sites for hydroxylation is 1. The minimum Gasteiger partial charge on any atom is -0.378 e. The van der Waals surface area contributed by atoms with Gasteiger partial charge in [-0.15, -0.1) is 0 Å². The highest BCUT2D eigenvalue weighted by Crippen LogP contribution is 2.22. The minimum absolute atomic E-state index is 0.0951. The Morgan fingerprint density at radius 2 is 2.16 bits per heavy atom. The maximum absolute atomic E-state index is 5.46. The van der Waals surface area contributed by atoms with E-state index in [2.05, 4.69) is 34.3 Å². The first kappa shape index (κ1) is 12.3. The average Bonchev–Trinajstić information content (AvgIpc) is 2.49. The van der Waals surface area contributed by atoms with Crippen molar-refractivity contribution in [2.75, 3.05) is 19.8 Å². The fourth-order valence-corrected chi connectivity index (χ4v) is 2.28. The lowest BCUT2D eigenvalue weighted by Gasteiger charge is -2.22. The Kier molecular flexibility index (Phi) is 3.53. The quantitative estimate of drug-likeness (QED) is 0.893. The maximum Gasteiger partial charge on any atom is 0.148 e. The molecular formula is C15H17N3O. The van der Waals surface area contributed by atoms with Gasteiger partial charge in [-0.05, 0) is 18.6 Å². The largest absolute Gasteiger partial charge is 0.378 e. The summed E-state index contributed by atoms with van der Waals surface area (Å²) in [4.78, 5) is 9.04. The Balaban J connectivity index is 1.93. The van der Waals surface area contributed by atoms with Gasteiger partial charge in [0.25, 0.3) is 0 Å². The van der Waals surface area contributed by atoms with Crippen molar-refractivity contribution < 1.29 is 4.74 Å². The van der Waals surface area contributed by atoms with Crippen molar-refractivity contribution in [3.63, 3.8) is 0 Å². The van der Waals surface area contributed by atoms with Gasteiger partial charge in [-0.2, -0.15) is 0 Å². The summed E-state index contributed by atoms with van der Waals surface area (Å²) in [7, 11) is 0. The number of ether oxygens (including phenoxy) is 1. The Bertz CT molecular complexity index is 565. The number of hydrogen-bond acceptors (Lipinski definition) is 4. The van der Waals surface area contributed by atoms with Gasteiger partial charge in [0.05, 0.1) is 24.9 Å². The molecule has 0 radical (unpaired) electrons. The van der Waals surface area contributed by atoms with Crippen LogP contribution >= 0.6 is 0 Å². The van der Waals surface area contributed by atoms with E-state index in [-0.39, 0.29) is 6.04 Å². The van der Waals surface area contributed by atoms with Gasteiger partial charge < -0.3 is 10.1 Å². The fourth-order valence-electron chi connectivity index (χ4n) is 2.28. The van der Waals surface area contributed by atoms with Gasteiger partial charge in [-0.25, -0.2) is 9.97 Å². The van der Waals surface area contributed by atoms with E-state index in [0.717, 1.165) is 30.2 Å². The van der Waals surface area contributed by atoms with E-state index < -0.39 is 0 Å². The molecule has 2 aromatic rings. The SMILES string of the molecule is Cc1ccccc1-c1ccnc(C2COCCN2)n1. The van der Waals surface area contributed by atoms with Crippen molar-refractivity contribution in [2.24, 2.45) is 0 Å². The molecule has 98 valence electrons. The van der Waals surface area contributed by atoms with Gasteiger partial charge in [0.15, 0.2) is 0 Å². The van der Waals surface area contributed by atoms with Crippen LogP contribution in [0.25, 0.3) is 11.3 Å². The number of morpholine rings is 1. The van der Waals surface area contributed by atoms with Gasteiger partial charge in [-0.1, -0.05) is 24.3 Å². The van der Waals surface area contributed by atoms with Crippen molar-refractivity contribution >= 4 is 0 Å². The van der Waals surface area contributed by atoms with E-state index in [9.17, 15) is 0 Å². The second kappa shape index (κ2) is 5.47. The Morgan fingerprint density at radius 3 is 2.95 bits per heavy atom. The zero-order valence-electron chi connectivity index (χ0n) is 11.0. The highest BCUT2D eigenvalue weighted by atomic mass is 16.5. The molecule has 1 fully saturated rings. The lowest BCUT2D eigenvalue weighted by Crippen LogP contribution is -2.35. The Hall–Kier alpha value is -1.78. The molecule has 1 unspecified atom stereocenters. The van der Waals surface area contributed by atoms with Crippen molar-refractivity contribution in [3.8, 4) is 11.3 Å². The molecule has 1 aliphatic heterocycles. The van der Waals surface area contributed by atoms with E-state index in [4.69, 9.17) is 4.74 Å². The molecule has 4 nitrogen and oxygen atoms in total. The molecule has 1 aromatic heterocycles. The van der Waals surface area contributed by atoms with Crippen molar-refractivity contribution in [2.45, 2.75) is 13.0 Å². The highest BCUT2D eigenvalue weighted by Gasteiger charge is 2.18. The van der Waals surface area contributed by atoms with Crippen LogP contribution in [-0.4, -0.2) is 29.7 Å². The topological polar surface area (TPSA) is 47.0 Å². The number of benzene rings is 1. The molecule has 0 aliphatic carbocycles. The molecule has 1 N–H and O–H groups in total. The number of rotatable bonds is 2. The third-order valence-corrected chi connectivity index (χ3v) is 3.33. The summed E-state index contributed by atoms with van der Waals surface area (Å²) in [5.74, 6) is 0.806. The van der Waals surface area contributed by atoms with Gasteiger partial charge in [0.2, 0.25) is 0 Å². The number of nitrogens with zero attached hydrogens (tertiary/aromatic N) is 2. The standard InChI is InChI=1S/C15H17N3O/c1-11-4-2-3-5-12(11)13-6-7-17-15(18-13)14-10-19-9-8-16-14/h2-7,14,16H,8-10H2,1H3. The lowest BCUT2D eigenvalue weighted by molar-refractivity contribution is 0.0742. The maximum atomic E-state index is 5.46. The van der Waals surface area contributed by atoms with Crippen molar-refractivity contribution in [3.05, 3.63) is 47.9 Å². The van der Waals surface area contributed by atoms with Crippen molar-refractivity contribution in [1.29, 1.82) is 0 Å². The second-order valence-corrected chi connectivity index (χ2v) is 4.70. The molecule has 0 bridgehead atoms. The smallest absolute Gasteiger partial charge is 0.148 e. The highest BCUT2D eigenvalue weighted by molar-refractivity contribution is 5.62. The first-order valence-corrected chi connectivity index (χ1v) is 6.54. The predicted molar refractivity (Wildman–Crippen MR) is 73.8 cm³/mol. The van der Waals surface area contributed by atoms with Crippen molar-refractivity contribution in [1.82, 2.24) is 15.3 Å². The Morgan fingerprint density at radius 1 is 1.26 bits per heavy atom. The minimum atomic E-state index is 0.0951. The molecular weight excluding hydrogens is 238 g/mol. The van der Waals surface area contributed by atoms with Gasteiger partial charge in [0.1, 0.15) is 5.82 Å². The summed E-state index contributed by atoms with van der Waals surface area (Å²) in [6.45, 7) is 4.34. The molecule has 0 amide bonds. The molecule has 3 rings (SSSR count). The van der Waals surface area contributed by atoms with E-state index in [1.54, 1.807) is 0 Å². The van der Waals surface area contributed by atoms with Crippen LogP contribution in [0.3, 0.4) is 0 Å². The number of nitrogens with one attached hydrogen (secondary N) is 1. The van der Waals surface area contributed by atoms with Crippen LogP contribution in [0.1, 0.15) is 17.4 Å². The molecule has 4 heteroatoms. The molecule has 2 heterocycles. The number of aromatic nitrogens is 2. The summed E-state index contributed by atoms with van der Waals surface area (Å²) >= 11 is 0. The molecule has 1 aromatic carbocycles. The zero-order chi connectivity index (χ0) is 13.1. The van der Waals surface area contributed by atoms with E-state index in [0.29, 0.717) is 6.61 Å².